The van der Waals surface area contributed by atoms with Crippen LogP contribution in [-0.2, 0) is 0 Å². The maximum absolute atomic E-state index is 12.6. The third-order valence-electron chi connectivity index (χ3n) is 5.25. The molecule has 27 heavy (non-hydrogen) atoms. The predicted octanol–water partition coefficient (Wildman–Crippen LogP) is 4.56. The van der Waals surface area contributed by atoms with E-state index in [1.165, 1.54) is 22.3 Å². The molecule has 1 N–H and O–H groups in total. The lowest BCUT2D eigenvalue weighted by Crippen LogP contribution is -2.30. The molecule has 0 spiro atoms. The molecule has 0 saturated carbocycles. The Balaban J connectivity index is 1.97. The molecule has 0 unspecified atom stereocenters. The molecule has 142 valence electrons. The quantitative estimate of drug-likeness (QED) is 0.760. The highest BCUT2D eigenvalue weighted by atomic mass is 32.1. The maximum Gasteiger partial charge on any atom is 0.253 e. The van der Waals surface area contributed by atoms with Crippen molar-refractivity contribution in [2.24, 2.45) is 0 Å². The third kappa shape index (κ3) is 4.63. The zero-order valence-corrected chi connectivity index (χ0v) is 17.1. The number of hydrogen-bond donors (Lipinski definition) is 1. The fraction of sp³-hybridized carbons (Fsp3) is 0.391. The summed E-state index contributed by atoms with van der Waals surface area (Å²) in [7, 11) is 0. The van der Waals surface area contributed by atoms with Gasteiger partial charge in [-0.05, 0) is 74.7 Å². The average Bonchev–Trinajstić information content (AvgIpc) is 2.70. The van der Waals surface area contributed by atoms with Crippen molar-refractivity contribution in [2.45, 2.75) is 33.1 Å². The Morgan fingerprint density at radius 1 is 1.07 bits per heavy atom. The molecule has 3 rings (SSSR count). The summed E-state index contributed by atoms with van der Waals surface area (Å²) in [5.41, 5.74) is 5.88. The number of benzene rings is 1. The molecule has 1 amide bonds. The number of nitrogens with one attached hydrogen (secondary N) is 1. The molecule has 3 nitrogen and oxygen atoms in total. The van der Waals surface area contributed by atoms with Gasteiger partial charge in [-0.15, -0.1) is 0 Å². The number of rotatable bonds is 5. The normalized spacial score (nSPS) is 16.9. The summed E-state index contributed by atoms with van der Waals surface area (Å²) in [4.78, 5) is 15.4. The number of amides is 1. The Morgan fingerprint density at radius 3 is 2.30 bits per heavy atom. The molecule has 0 atom stereocenters. The SMILES string of the molecule is CCN(CC)C(=O)c1ccc(C(C2=CC(=S)CC=C2)=C2CCNCC2)cc1. The summed E-state index contributed by atoms with van der Waals surface area (Å²) >= 11 is 5.45. The van der Waals surface area contributed by atoms with Crippen molar-refractivity contribution in [2.75, 3.05) is 26.2 Å². The van der Waals surface area contributed by atoms with Gasteiger partial charge in [-0.2, -0.15) is 0 Å². The van der Waals surface area contributed by atoms with Gasteiger partial charge >= 0.3 is 0 Å². The molecule has 0 aromatic heterocycles. The van der Waals surface area contributed by atoms with E-state index >= 15 is 0 Å². The van der Waals surface area contributed by atoms with E-state index in [1.807, 2.05) is 30.9 Å². The minimum absolute atomic E-state index is 0.0978. The number of carbonyl (C=O) groups excluding carboxylic acids is 1. The van der Waals surface area contributed by atoms with E-state index in [0.29, 0.717) is 0 Å². The lowest BCUT2D eigenvalue weighted by atomic mass is 9.86. The highest BCUT2D eigenvalue weighted by Gasteiger charge is 2.18. The Kier molecular flexibility index (Phi) is 6.75. The van der Waals surface area contributed by atoms with E-state index < -0.39 is 0 Å². The van der Waals surface area contributed by atoms with Crippen LogP contribution in [0.2, 0.25) is 0 Å². The van der Waals surface area contributed by atoms with Crippen molar-refractivity contribution < 1.29 is 4.79 Å². The first kappa shape index (κ1) is 19.7. The van der Waals surface area contributed by atoms with Crippen molar-refractivity contribution in [1.82, 2.24) is 10.2 Å². The minimum Gasteiger partial charge on any atom is -0.339 e. The van der Waals surface area contributed by atoms with Gasteiger partial charge in [0.15, 0.2) is 0 Å². The summed E-state index contributed by atoms with van der Waals surface area (Å²) in [6.07, 6.45) is 9.42. The van der Waals surface area contributed by atoms with Crippen molar-refractivity contribution in [3.8, 4) is 0 Å². The lowest BCUT2D eigenvalue weighted by molar-refractivity contribution is 0.0773. The van der Waals surface area contributed by atoms with E-state index in [1.54, 1.807) is 0 Å². The van der Waals surface area contributed by atoms with Crippen LogP contribution >= 0.6 is 12.2 Å². The van der Waals surface area contributed by atoms with Crippen LogP contribution in [0, 0.1) is 0 Å². The second kappa shape index (κ2) is 9.25. The van der Waals surface area contributed by atoms with Gasteiger partial charge < -0.3 is 10.2 Å². The van der Waals surface area contributed by atoms with Gasteiger partial charge in [-0.1, -0.05) is 42.1 Å². The molecule has 2 aliphatic rings. The Morgan fingerprint density at radius 2 is 1.70 bits per heavy atom. The third-order valence-corrected chi connectivity index (χ3v) is 5.54. The van der Waals surface area contributed by atoms with E-state index in [9.17, 15) is 4.79 Å². The summed E-state index contributed by atoms with van der Waals surface area (Å²) in [5.74, 6) is 0.0978. The molecule has 1 saturated heterocycles. The minimum atomic E-state index is 0.0978. The van der Waals surface area contributed by atoms with Gasteiger partial charge in [0.1, 0.15) is 0 Å². The van der Waals surface area contributed by atoms with Crippen LogP contribution in [0.15, 0.2) is 53.6 Å². The van der Waals surface area contributed by atoms with Gasteiger partial charge in [0.25, 0.3) is 5.91 Å². The highest BCUT2D eigenvalue weighted by Crippen LogP contribution is 2.33. The molecular formula is C23H28N2OS. The monoisotopic (exact) mass is 380 g/mol. The zero-order valence-electron chi connectivity index (χ0n) is 16.3. The summed E-state index contributed by atoms with van der Waals surface area (Å²) in [6.45, 7) is 7.51. The lowest BCUT2D eigenvalue weighted by Gasteiger charge is -2.23. The number of piperidine rings is 1. The topological polar surface area (TPSA) is 32.3 Å². The van der Waals surface area contributed by atoms with Crippen molar-refractivity contribution in [3.63, 3.8) is 0 Å². The van der Waals surface area contributed by atoms with Gasteiger partial charge in [0.2, 0.25) is 0 Å². The number of carbonyl (C=O) groups is 1. The van der Waals surface area contributed by atoms with Gasteiger partial charge in [-0.3, -0.25) is 4.79 Å². The smallest absolute Gasteiger partial charge is 0.253 e. The van der Waals surface area contributed by atoms with Crippen molar-refractivity contribution in [1.29, 1.82) is 0 Å². The molecule has 0 radical (unpaired) electrons. The maximum atomic E-state index is 12.6. The van der Waals surface area contributed by atoms with Gasteiger partial charge in [-0.25, -0.2) is 0 Å². The van der Waals surface area contributed by atoms with E-state index in [0.717, 1.165) is 55.9 Å². The molecule has 0 bridgehead atoms. The second-order valence-corrected chi connectivity index (χ2v) is 7.48. The molecule has 4 heteroatoms. The molecule has 1 aliphatic carbocycles. The molecular weight excluding hydrogens is 352 g/mol. The average molecular weight is 381 g/mol. The number of nitrogens with zero attached hydrogens (tertiary/aromatic N) is 1. The molecule has 1 aromatic rings. The van der Waals surface area contributed by atoms with Crippen LogP contribution in [0.3, 0.4) is 0 Å². The molecule has 1 fully saturated rings. The molecule has 1 aliphatic heterocycles. The standard InChI is InChI=1S/C23H28N2OS/c1-3-25(4-2)23(26)19-10-8-17(9-11-19)22(18-12-14-24-15-13-18)20-6-5-7-21(27)16-20/h5-6,8-11,16,24H,3-4,7,12-15H2,1-2H3. The van der Waals surface area contributed by atoms with Crippen LogP contribution in [0.5, 0.6) is 0 Å². The fourth-order valence-electron chi connectivity index (χ4n) is 3.76. The first-order chi connectivity index (χ1) is 13.1. The van der Waals surface area contributed by atoms with Crippen LogP contribution in [0.1, 0.15) is 49.0 Å². The summed E-state index contributed by atoms with van der Waals surface area (Å²) in [6, 6.07) is 8.10. The van der Waals surface area contributed by atoms with Crippen LogP contribution in [-0.4, -0.2) is 41.9 Å². The summed E-state index contributed by atoms with van der Waals surface area (Å²) in [5, 5.41) is 3.43. The number of hydrogen-bond acceptors (Lipinski definition) is 3. The van der Waals surface area contributed by atoms with Crippen molar-refractivity contribution in [3.05, 3.63) is 64.8 Å². The number of allylic oxidation sites excluding steroid dienone is 5. The van der Waals surface area contributed by atoms with E-state index in [-0.39, 0.29) is 5.91 Å². The van der Waals surface area contributed by atoms with E-state index in [2.05, 4.69) is 35.7 Å². The Hall–Kier alpha value is -2.04. The predicted molar refractivity (Wildman–Crippen MR) is 117 cm³/mol. The van der Waals surface area contributed by atoms with Gasteiger partial charge in [0.05, 0.1) is 0 Å². The first-order valence-electron chi connectivity index (χ1n) is 9.88. The fourth-order valence-corrected chi connectivity index (χ4v) is 3.99. The summed E-state index contributed by atoms with van der Waals surface area (Å²) < 4.78 is 0. The van der Waals surface area contributed by atoms with Crippen LogP contribution in [0.4, 0.5) is 0 Å². The number of thiocarbonyl (C=S) groups is 1. The zero-order chi connectivity index (χ0) is 19.2. The molecule has 1 aromatic carbocycles. The van der Waals surface area contributed by atoms with Gasteiger partial charge in [0, 0.05) is 29.9 Å². The van der Waals surface area contributed by atoms with E-state index in [4.69, 9.17) is 12.2 Å². The second-order valence-electron chi connectivity index (χ2n) is 6.96. The molecule has 1 heterocycles. The van der Waals surface area contributed by atoms with Crippen molar-refractivity contribution >= 4 is 28.6 Å². The van der Waals surface area contributed by atoms with Crippen LogP contribution < -0.4 is 5.32 Å². The highest BCUT2D eigenvalue weighted by molar-refractivity contribution is 7.80. The Bertz CT molecular complexity index is 790. The Labute approximate surface area is 167 Å². The largest absolute Gasteiger partial charge is 0.339 e. The van der Waals surface area contributed by atoms with Crippen LogP contribution in [0.25, 0.3) is 5.57 Å². The first-order valence-corrected chi connectivity index (χ1v) is 10.3.